The fraction of sp³-hybridized carbons (Fsp3) is 0.243. The Labute approximate surface area is 294 Å². The van der Waals surface area contributed by atoms with Crippen molar-refractivity contribution in [3.05, 3.63) is 89.6 Å². The Morgan fingerprint density at radius 1 is 0.617 bits per heavy atom. The van der Waals surface area contributed by atoms with Crippen molar-refractivity contribution in [2.45, 2.75) is 55.4 Å². The number of hydrogen-bond donors (Lipinski definition) is 1. The SMILES string of the molecule is C=C/C=C\c1c(C)c2nc3nc(nc4[n-]c(nc5nc(nc1[n-]2)-c1ccccc1-5)c(/C=C\C)c4C=C)C(C)=C3C.CC.CC.CS.[Cu+2]. The van der Waals surface area contributed by atoms with Gasteiger partial charge in [0.15, 0.2) is 0 Å². The molecule has 10 heteroatoms. The second-order valence-electron chi connectivity index (χ2n) is 9.44. The normalized spacial score (nSPS) is 11.4. The van der Waals surface area contributed by atoms with E-state index in [1.165, 1.54) is 0 Å². The summed E-state index contributed by atoms with van der Waals surface area (Å²) in [5, 5.41) is 0. The summed E-state index contributed by atoms with van der Waals surface area (Å²) in [6.45, 7) is 23.7. The first-order valence-corrected chi connectivity index (χ1v) is 16.3. The van der Waals surface area contributed by atoms with Gasteiger partial charge in [-0.25, -0.2) is 9.97 Å². The maximum absolute atomic E-state index is 4.93. The third-order valence-corrected chi connectivity index (χ3v) is 7.03. The predicted molar refractivity (Wildman–Crippen MR) is 199 cm³/mol. The molecule has 5 heterocycles. The standard InChI is InChI=1S/C32H26N8.2C2H6.CH4S.Cu/c1-7-10-14-21-19(6)27-34-25-17(4)18(5)26(33-25)35-28-20(9-3)22(13-8-2)30(37-28)39-32-24-16-12-11-15-23(24)31(40-32)38-29(21)36-27;3*1-2;/h7-16H,1,3H2,2,4-6H3;2*1-2H3;2H,1H3;/q-2;;;;+2/b13-8-,14-10-;;;;. The Bertz CT molecular complexity index is 2000. The van der Waals surface area contributed by atoms with Gasteiger partial charge in [-0.05, 0) is 67.4 Å². The molecule has 47 heavy (non-hydrogen) atoms. The molecule has 0 N–H and O–H groups in total. The van der Waals surface area contributed by atoms with Gasteiger partial charge in [-0.1, -0.05) is 102 Å². The van der Waals surface area contributed by atoms with Crippen LogP contribution in [-0.4, -0.2) is 36.2 Å². The molecule has 0 saturated carbocycles. The van der Waals surface area contributed by atoms with Crippen LogP contribution in [0, 0.1) is 6.92 Å². The minimum Gasteiger partial charge on any atom is -0.357 e. The Morgan fingerprint density at radius 2 is 1.06 bits per heavy atom. The van der Waals surface area contributed by atoms with E-state index in [1.807, 2.05) is 104 Å². The number of hydrogen-bond acceptors (Lipinski definition) is 7. The summed E-state index contributed by atoms with van der Waals surface area (Å²) in [5.41, 5.74) is 8.92. The third-order valence-electron chi connectivity index (χ3n) is 7.03. The topological polar surface area (TPSA) is 106 Å². The number of thiol groups is 1. The largest absolute Gasteiger partial charge is 2.00 e. The Balaban J connectivity index is 0.00000104. The van der Waals surface area contributed by atoms with Crippen LogP contribution < -0.4 is 9.97 Å². The average Bonchev–Trinajstić information content (AvgIpc) is 3.78. The van der Waals surface area contributed by atoms with Crippen molar-refractivity contribution < 1.29 is 17.1 Å². The van der Waals surface area contributed by atoms with Crippen LogP contribution in [0.4, 0.5) is 0 Å². The minimum atomic E-state index is 0. The van der Waals surface area contributed by atoms with Crippen LogP contribution in [0.2, 0.25) is 0 Å². The van der Waals surface area contributed by atoms with Gasteiger partial charge in [0.05, 0.1) is 23.3 Å². The molecule has 2 aliphatic heterocycles. The molecule has 0 aliphatic carbocycles. The molecule has 0 spiro atoms. The number of aryl methyl sites for hydroxylation is 1. The van der Waals surface area contributed by atoms with Crippen molar-refractivity contribution in [2.75, 3.05) is 6.26 Å². The van der Waals surface area contributed by atoms with Crippen LogP contribution in [0.25, 0.3) is 74.7 Å². The van der Waals surface area contributed by atoms with Crippen LogP contribution in [0.1, 0.15) is 82.4 Å². The molecule has 1 radical (unpaired) electrons. The summed E-state index contributed by atoms with van der Waals surface area (Å²) in [7, 11) is 0. The second-order valence-corrected chi connectivity index (χ2v) is 9.44. The van der Waals surface area contributed by atoms with E-state index >= 15 is 0 Å². The van der Waals surface area contributed by atoms with E-state index in [9.17, 15) is 0 Å². The van der Waals surface area contributed by atoms with Crippen LogP contribution >= 0.6 is 12.6 Å². The zero-order valence-corrected chi connectivity index (χ0v) is 30.4. The number of fused-ring (bicyclic) bond motifs is 11. The van der Waals surface area contributed by atoms with Gasteiger partial charge in [-0.2, -0.15) is 12.6 Å². The van der Waals surface area contributed by atoms with Gasteiger partial charge in [0, 0.05) is 33.7 Å². The quantitative estimate of drug-likeness (QED) is 0.113. The number of aromatic nitrogens is 8. The first-order valence-electron chi connectivity index (χ1n) is 15.4. The number of nitrogens with zero attached hydrogens (tertiary/aromatic N) is 8. The molecule has 0 atom stereocenters. The average molecular weight is 694 g/mol. The van der Waals surface area contributed by atoms with Gasteiger partial charge in [-0.15, -0.1) is 0 Å². The zero-order chi connectivity index (χ0) is 34.0. The summed E-state index contributed by atoms with van der Waals surface area (Å²) in [6.07, 6.45) is 12.9. The minimum absolute atomic E-state index is 0. The molecular weight excluding hydrogens is 652 g/mol. The van der Waals surface area contributed by atoms with Crippen molar-refractivity contribution in [3.63, 3.8) is 0 Å². The summed E-state index contributed by atoms with van der Waals surface area (Å²) < 4.78 is 0. The van der Waals surface area contributed by atoms with Crippen molar-refractivity contribution in [3.8, 4) is 22.8 Å². The first kappa shape index (κ1) is 38.8. The number of benzene rings is 1. The molecule has 8 nitrogen and oxygen atoms in total. The molecule has 4 aromatic rings. The first-order chi connectivity index (χ1) is 22.4. The van der Waals surface area contributed by atoms with E-state index in [-0.39, 0.29) is 17.1 Å². The van der Waals surface area contributed by atoms with Crippen molar-refractivity contribution in [1.29, 1.82) is 0 Å². The second kappa shape index (κ2) is 18.1. The molecule has 0 unspecified atom stereocenters. The molecule has 0 fully saturated rings. The van der Waals surface area contributed by atoms with Gasteiger partial charge < -0.3 is 29.9 Å². The van der Waals surface area contributed by atoms with Gasteiger partial charge in [0.2, 0.25) is 0 Å². The monoisotopic (exact) mass is 693 g/mol. The molecule has 2 aliphatic rings. The fourth-order valence-corrected chi connectivity index (χ4v) is 4.74. The van der Waals surface area contributed by atoms with Crippen molar-refractivity contribution >= 4 is 64.6 Å². The van der Waals surface area contributed by atoms with Crippen LogP contribution in [0.5, 0.6) is 0 Å². The fourth-order valence-electron chi connectivity index (χ4n) is 4.74. The van der Waals surface area contributed by atoms with E-state index in [0.29, 0.717) is 45.9 Å². The van der Waals surface area contributed by atoms with Crippen LogP contribution in [0.3, 0.4) is 0 Å². The molecular formula is C37H42CuN8S. The van der Waals surface area contributed by atoms with E-state index in [0.717, 1.165) is 44.5 Å². The summed E-state index contributed by atoms with van der Waals surface area (Å²) in [5.74, 6) is 2.14. The molecule has 1 aromatic carbocycles. The molecule has 6 rings (SSSR count). The van der Waals surface area contributed by atoms with Crippen LogP contribution in [0.15, 0.2) is 55.7 Å². The molecule has 0 saturated heterocycles. The predicted octanol–water partition coefficient (Wildman–Crippen LogP) is 9.22. The third kappa shape index (κ3) is 7.79. The molecule has 8 bridgehead atoms. The smallest absolute Gasteiger partial charge is 0.357 e. The van der Waals surface area contributed by atoms with E-state index in [1.54, 1.807) is 18.4 Å². The molecule has 0 amide bonds. The van der Waals surface area contributed by atoms with Crippen LogP contribution in [-0.2, 0) is 17.1 Å². The van der Waals surface area contributed by atoms with Gasteiger partial charge >= 0.3 is 17.1 Å². The van der Waals surface area contributed by atoms with E-state index < -0.39 is 0 Å². The number of allylic oxidation sites excluding steroid dienone is 5. The van der Waals surface area contributed by atoms with Gasteiger partial charge in [-0.3, -0.25) is 0 Å². The van der Waals surface area contributed by atoms with Gasteiger partial charge in [0.25, 0.3) is 0 Å². The summed E-state index contributed by atoms with van der Waals surface area (Å²) in [6, 6.07) is 7.88. The maximum atomic E-state index is 4.93. The number of rotatable bonds is 4. The Kier molecular flexibility index (Phi) is 14.9. The maximum Gasteiger partial charge on any atom is 2.00 e. The van der Waals surface area contributed by atoms with E-state index in [2.05, 4.69) is 25.8 Å². The Hall–Kier alpha value is -4.37. The summed E-state index contributed by atoms with van der Waals surface area (Å²) in [4.78, 5) is 38.8. The molecule has 3 aromatic heterocycles. The zero-order valence-electron chi connectivity index (χ0n) is 28.5. The van der Waals surface area contributed by atoms with E-state index in [4.69, 9.17) is 39.9 Å². The van der Waals surface area contributed by atoms with Crippen molar-refractivity contribution in [1.82, 2.24) is 39.9 Å². The van der Waals surface area contributed by atoms with Crippen molar-refractivity contribution in [2.24, 2.45) is 0 Å². The van der Waals surface area contributed by atoms with Gasteiger partial charge in [0.1, 0.15) is 0 Å². The Morgan fingerprint density at radius 3 is 1.57 bits per heavy atom. The molecule has 247 valence electrons. The summed E-state index contributed by atoms with van der Waals surface area (Å²) >= 11 is 3.53.